The van der Waals surface area contributed by atoms with Gasteiger partial charge in [-0.15, -0.1) is 0 Å². The van der Waals surface area contributed by atoms with E-state index in [9.17, 15) is 14.4 Å². The number of imide groups is 1. The minimum Gasteiger partial charge on any atom is -0.356 e. The normalized spacial score (nSPS) is 21.0. The number of nitrogens with one attached hydrogen (secondary N) is 2. The van der Waals surface area contributed by atoms with Crippen LogP contribution in [-0.4, -0.2) is 40.9 Å². The lowest BCUT2D eigenvalue weighted by atomic mass is 9.75. The second-order valence-corrected chi connectivity index (χ2v) is 9.75. The average molecular weight is 463 g/mol. The molecule has 1 heterocycles. The Hall–Kier alpha value is -3.35. The first kappa shape index (κ1) is 23.8. The van der Waals surface area contributed by atoms with Gasteiger partial charge in [-0.25, -0.2) is 4.79 Å². The second-order valence-electron chi connectivity index (χ2n) is 9.75. The fourth-order valence-corrected chi connectivity index (χ4v) is 5.15. The summed E-state index contributed by atoms with van der Waals surface area (Å²) in [6, 6.07) is 16.8. The molecule has 180 valence electrons. The first-order chi connectivity index (χ1) is 16.3. The first-order valence-electron chi connectivity index (χ1n) is 12.2. The molecule has 34 heavy (non-hydrogen) atoms. The summed E-state index contributed by atoms with van der Waals surface area (Å²) >= 11 is 0. The molecular formula is C27H34N4O3. The van der Waals surface area contributed by atoms with Crippen molar-refractivity contribution in [3.05, 3.63) is 54.6 Å². The summed E-state index contributed by atoms with van der Waals surface area (Å²) in [6.07, 6.45) is 5.15. The molecular weight excluding hydrogens is 428 g/mol. The maximum Gasteiger partial charge on any atom is 0.325 e. The monoisotopic (exact) mass is 462 g/mol. The Bertz CT molecular complexity index is 1030. The molecule has 7 nitrogen and oxygen atoms in total. The molecule has 4 rings (SSSR count). The molecule has 0 radical (unpaired) electrons. The molecule has 1 aliphatic carbocycles. The van der Waals surface area contributed by atoms with Crippen molar-refractivity contribution in [2.45, 2.75) is 64.5 Å². The van der Waals surface area contributed by atoms with Gasteiger partial charge in [-0.2, -0.15) is 0 Å². The van der Waals surface area contributed by atoms with E-state index >= 15 is 0 Å². The van der Waals surface area contributed by atoms with Gasteiger partial charge >= 0.3 is 6.03 Å². The summed E-state index contributed by atoms with van der Waals surface area (Å²) in [7, 11) is 0. The van der Waals surface area contributed by atoms with Crippen LogP contribution in [0, 0.1) is 5.92 Å². The number of carbonyl (C=O) groups is 3. The number of hydrogen-bond donors (Lipinski definition) is 2. The fraction of sp³-hybridized carbons (Fsp3) is 0.444. The number of carbonyl (C=O) groups excluding carboxylic acids is 3. The topological polar surface area (TPSA) is 81.8 Å². The lowest BCUT2D eigenvalue weighted by Crippen LogP contribution is -2.52. The van der Waals surface area contributed by atoms with Crippen LogP contribution in [0.25, 0.3) is 0 Å². The third kappa shape index (κ3) is 4.79. The van der Waals surface area contributed by atoms with Crippen LogP contribution < -0.4 is 15.5 Å². The Morgan fingerprint density at radius 2 is 1.65 bits per heavy atom. The van der Waals surface area contributed by atoms with Gasteiger partial charge in [0.2, 0.25) is 5.91 Å². The van der Waals surface area contributed by atoms with Crippen molar-refractivity contribution >= 4 is 34.9 Å². The summed E-state index contributed by atoms with van der Waals surface area (Å²) in [5, 5.41) is 6.23. The molecule has 0 unspecified atom stereocenters. The Kier molecular flexibility index (Phi) is 6.91. The van der Waals surface area contributed by atoms with Gasteiger partial charge in [0.05, 0.1) is 0 Å². The molecule has 1 aliphatic heterocycles. The number of hydrogen-bond acceptors (Lipinski definition) is 4. The zero-order valence-corrected chi connectivity index (χ0v) is 20.2. The Balaban J connectivity index is 1.47. The van der Waals surface area contributed by atoms with Gasteiger partial charge in [0.25, 0.3) is 5.91 Å². The summed E-state index contributed by atoms with van der Waals surface area (Å²) in [6.45, 7) is 5.39. The van der Waals surface area contributed by atoms with Gasteiger partial charge in [-0.1, -0.05) is 37.5 Å². The van der Waals surface area contributed by atoms with Gasteiger partial charge in [0.15, 0.2) is 0 Å². The SMILES string of the molecule is CC(C)N(C(=O)CN1C(=O)N[C@@](C)(C2CCCCC2)C1=O)c1ccc(Nc2ccccc2)cc1. The lowest BCUT2D eigenvalue weighted by molar-refractivity contribution is -0.135. The molecule has 1 atom stereocenters. The van der Waals surface area contributed by atoms with Crippen LogP contribution in [-0.2, 0) is 9.59 Å². The molecule has 2 aromatic rings. The summed E-state index contributed by atoms with van der Waals surface area (Å²) in [5.74, 6) is -0.456. The standard InChI is InChI=1S/C27H34N4O3/c1-19(2)31(23-16-14-22(15-17-23)28-21-12-8-5-9-13-21)24(32)18-30-25(33)27(3,29-26(30)34)20-10-6-4-7-11-20/h5,8-9,12-17,19-20,28H,4,6-7,10-11,18H2,1-3H3,(H,29,34)/t27-/m0/s1. The summed E-state index contributed by atoms with van der Waals surface area (Å²) < 4.78 is 0. The van der Waals surface area contributed by atoms with E-state index in [1.54, 1.807) is 4.90 Å². The third-order valence-electron chi connectivity index (χ3n) is 7.01. The number of nitrogens with zero attached hydrogens (tertiary/aromatic N) is 2. The average Bonchev–Trinajstić information content (AvgIpc) is 3.05. The van der Waals surface area contributed by atoms with E-state index in [2.05, 4.69) is 10.6 Å². The molecule has 0 bridgehead atoms. The van der Waals surface area contributed by atoms with E-state index in [0.29, 0.717) is 0 Å². The van der Waals surface area contributed by atoms with Crippen molar-refractivity contribution in [1.29, 1.82) is 0 Å². The molecule has 1 saturated carbocycles. The Labute approximate surface area is 201 Å². The molecule has 2 aromatic carbocycles. The molecule has 1 saturated heterocycles. The van der Waals surface area contributed by atoms with Crippen molar-refractivity contribution in [2.75, 3.05) is 16.8 Å². The molecule has 4 amide bonds. The first-order valence-corrected chi connectivity index (χ1v) is 12.2. The van der Waals surface area contributed by atoms with E-state index in [1.165, 1.54) is 6.42 Å². The highest BCUT2D eigenvalue weighted by atomic mass is 16.2. The molecule has 0 aromatic heterocycles. The second kappa shape index (κ2) is 9.87. The Morgan fingerprint density at radius 1 is 1.03 bits per heavy atom. The highest BCUT2D eigenvalue weighted by Crippen LogP contribution is 2.36. The number of benzene rings is 2. The minimum absolute atomic E-state index is 0.115. The predicted octanol–water partition coefficient (Wildman–Crippen LogP) is 5.06. The zero-order chi connectivity index (χ0) is 24.3. The molecule has 2 aliphatic rings. The summed E-state index contributed by atoms with van der Waals surface area (Å²) in [4.78, 5) is 42.1. The van der Waals surface area contributed by atoms with E-state index in [0.717, 1.165) is 47.6 Å². The predicted molar refractivity (Wildman–Crippen MR) is 134 cm³/mol. The maximum atomic E-state index is 13.3. The van der Waals surface area contributed by atoms with Crippen LogP contribution in [0.3, 0.4) is 0 Å². The van der Waals surface area contributed by atoms with Crippen LogP contribution in [0.4, 0.5) is 21.9 Å². The van der Waals surface area contributed by atoms with Crippen LogP contribution in [0.2, 0.25) is 0 Å². The quantitative estimate of drug-likeness (QED) is 0.564. The van der Waals surface area contributed by atoms with Gasteiger partial charge in [-0.3, -0.25) is 14.5 Å². The lowest BCUT2D eigenvalue weighted by Gasteiger charge is -2.34. The van der Waals surface area contributed by atoms with Gasteiger partial charge in [-0.05, 0) is 75.9 Å². The molecule has 2 fully saturated rings. The van der Waals surface area contributed by atoms with Crippen molar-refractivity contribution < 1.29 is 14.4 Å². The van der Waals surface area contributed by atoms with Crippen molar-refractivity contribution in [2.24, 2.45) is 5.92 Å². The van der Waals surface area contributed by atoms with E-state index in [4.69, 9.17) is 0 Å². The number of rotatable bonds is 7. The van der Waals surface area contributed by atoms with Crippen molar-refractivity contribution in [1.82, 2.24) is 10.2 Å². The number of amides is 4. The molecule has 2 N–H and O–H groups in total. The number of para-hydroxylation sites is 1. The van der Waals surface area contributed by atoms with Crippen LogP contribution in [0.15, 0.2) is 54.6 Å². The molecule has 7 heteroatoms. The van der Waals surface area contributed by atoms with Crippen LogP contribution >= 0.6 is 0 Å². The number of urea groups is 1. The zero-order valence-electron chi connectivity index (χ0n) is 20.2. The fourth-order valence-electron chi connectivity index (χ4n) is 5.15. The smallest absolute Gasteiger partial charge is 0.325 e. The van der Waals surface area contributed by atoms with E-state index in [1.807, 2.05) is 75.4 Å². The van der Waals surface area contributed by atoms with Gasteiger partial charge < -0.3 is 15.5 Å². The van der Waals surface area contributed by atoms with Gasteiger partial charge in [0.1, 0.15) is 12.1 Å². The largest absolute Gasteiger partial charge is 0.356 e. The van der Waals surface area contributed by atoms with Crippen LogP contribution in [0.5, 0.6) is 0 Å². The van der Waals surface area contributed by atoms with E-state index < -0.39 is 11.6 Å². The highest BCUT2D eigenvalue weighted by Gasteiger charge is 2.52. The Morgan fingerprint density at radius 3 is 2.26 bits per heavy atom. The van der Waals surface area contributed by atoms with Crippen LogP contribution in [0.1, 0.15) is 52.9 Å². The molecule has 0 spiro atoms. The minimum atomic E-state index is -0.925. The number of anilines is 3. The van der Waals surface area contributed by atoms with Crippen molar-refractivity contribution in [3.8, 4) is 0 Å². The van der Waals surface area contributed by atoms with Gasteiger partial charge in [0, 0.05) is 23.1 Å². The van der Waals surface area contributed by atoms with E-state index in [-0.39, 0.29) is 30.3 Å². The maximum absolute atomic E-state index is 13.3. The summed E-state index contributed by atoms with van der Waals surface area (Å²) in [5.41, 5.74) is 1.68. The third-order valence-corrected chi connectivity index (χ3v) is 7.01. The van der Waals surface area contributed by atoms with Crippen molar-refractivity contribution in [3.63, 3.8) is 0 Å². The highest BCUT2D eigenvalue weighted by molar-refractivity contribution is 6.10.